The molecule has 0 aliphatic rings. The number of rotatable bonds is 3. The third-order valence-corrected chi connectivity index (χ3v) is 3.09. The summed E-state index contributed by atoms with van der Waals surface area (Å²) >= 11 is 10.4. The first-order valence-electron chi connectivity index (χ1n) is 4.09. The van der Waals surface area contributed by atoms with Gasteiger partial charge in [-0.2, -0.15) is 0 Å². The zero-order chi connectivity index (χ0) is 10.7. The van der Waals surface area contributed by atoms with Crippen molar-refractivity contribution in [3.8, 4) is 5.88 Å². The van der Waals surface area contributed by atoms with E-state index in [1.54, 1.807) is 12.3 Å². The lowest BCUT2D eigenvalue weighted by molar-refractivity contribution is 0.293. The fourth-order valence-electron chi connectivity index (χ4n) is 0.960. The van der Waals surface area contributed by atoms with Crippen LogP contribution in [0.1, 0.15) is 5.01 Å². The average molecular weight is 306 g/mol. The molecule has 0 aliphatic carbocycles. The van der Waals surface area contributed by atoms with E-state index in [0.717, 1.165) is 9.61 Å². The van der Waals surface area contributed by atoms with E-state index in [2.05, 4.69) is 25.9 Å². The summed E-state index contributed by atoms with van der Waals surface area (Å²) in [4.78, 5) is 8.21. The summed E-state index contributed by atoms with van der Waals surface area (Å²) in [5.74, 6) is 0.565. The molecule has 0 bridgehead atoms. The molecule has 0 unspecified atom stereocenters. The summed E-state index contributed by atoms with van der Waals surface area (Å²) in [6, 6.07) is 5.49. The molecule has 15 heavy (non-hydrogen) atoms. The van der Waals surface area contributed by atoms with Gasteiger partial charge < -0.3 is 4.74 Å². The van der Waals surface area contributed by atoms with Gasteiger partial charge in [-0.1, -0.05) is 17.7 Å². The fraction of sp³-hybridized carbons (Fsp3) is 0.111. The Kier molecular flexibility index (Phi) is 3.56. The SMILES string of the molecule is Clc1cnc(COc2cccc(Br)n2)s1. The number of hydrogen-bond acceptors (Lipinski definition) is 4. The minimum Gasteiger partial charge on any atom is -0.470 e. The lowest BCUT2D eigenvalue weighted by Gasteiger charge is -2.02. The van der Waals surface area contributed by atoms with E-state index < -0.39 is 0 Å². The molecule has 0 aliphatic heterocycles. The molecule has 0 saturated carbocycles. The van der Waals surface area contributed by atoms with E-state index in [9.17, 15) is 0 Å². The third kappa shape index (κ3) is 3.15. The highest BCUT2D eigenvalue weighted by Gasteiger charge is 2.02. The van der Waals surface area contributed by atoms with Gasteiger partial charge in [-0.25, -0.2) is 9.97 Å². The molecule has 6 heteroatoms. The van der Waals surface area contributed by atoms with Crippen LogP contribution in [0.25, 0.3) is 0 Å². The van der Waals surface area contributed by atoms with E-state index in [4.69, 9.17) is 16.3 Å². The quantitative estimate of drug-likeness (QED) is 0.814. The summed E-state index contributed by atoms with van der Waals surface area (Å²) in [5.41, 5.74) is 0. The maximum atomic E-state index is 5.74. The monoisotopic (exact) mass is 304 g/mol. The van der Waals surface area contributed by atoms with Gasteiger partial charge in [0.05, 0.1) is 6.20 Å². The van der Waals surface area contributed by atoms with Crippen molar-refractivity contribution in [2.45, 2.75) is 6.61 Å². The van der Waals surface area contributed by atoms with Crippen LogP contribution in [0.3, 0.4) is 0 Å². The Hall–Kier alpha value is -0.650. The number of aromatic nitrogens is 2. The molecule has 0 amide bonds. The van der Waals surface area contributed by atoms with Crippen molar-refractivity contribution in [3.05, 3.63) is 38.3 Å². The number of nitrogens with zero attached hydrogens (tertiary/aromatic N) is 2. The summed E-state index contributed by atoms with van der Waals surface area (Å²) in [6.45, 7) is 0.390. The molecular weight excluding hydrogens is 300 g/mol. The lowest BCUT2D eigenvalue weighted by atomic mass is 10.5. The predicted molar refractivity (Wildman–Crippen MR) is 63.4 cm³/mol. The normalized spacial score (nSPS) is 10.3. The number of hydrogen-bond donors (Lipinski definition) is 0. The maximum Gasteiger partial charge on any atom is 0.214 e. The van der Waals surface area contributed by atoms with Crippen LogP contribution < -0.4 is 4.74 Å². The van der Waals surface area contributed by atoms with Crippen LogP contribution in [0, 0.1) is 0 Å². The molecule has 0 atom stereocenters. The minimum atomic E-state index is 0.390. The summed E-state index contributed by atoms with van der Waals surface area (Å²) < 4.78 is 6.84. The molecule has 2 heterocycles. The van der Waals surface area contributed by atoms with E-state index in [1.807, 2.05) is 12.1 Å². The van der Waals surface area contributed by atoms with Gasteiger partial charge in [-0.15, -0.1) is 11.3 Å². The van der Waals surface area contributed by atoms with Crippen LogP contribution in [0.5, 0.6) is 5.88 Å². The molecule has 3 nitrogen and oxygen atoms in total. The molecule has 2 rings (SSSR count). The Bertz CT molecular complexity index is 463. The van der Waals surface area contributed by atoms with Crippen LogP contribution in [0.2, 0.25) is 4.34 Å². The van der Waals surface area contributed by atoms with Gasteiger partial charge in [0, 0.05) is 6.07 Å². The van der Waals surface area contributed by atoms with Crippen molar-refractivity contribution in [1.29, 1.82) is 0 Å². The molecule has 0 aromatic carbocycles. The summed E-state index contributed by atoms with van der Waals surface area (Å²) in [7, 11) is 0. The first-order chi connectivity index (χ1) is 7.24. The molecule has 0 saturated heterocycles. The third-order valence-electron chi connectivity index (χ3n) is 1.56. The Morgan fingerprint density at radius 2 is 2.33 bits per heavy atom. The van der Waals surface area contributed by atoms with Gasteiger partial charge in [0.15, 0.2) is 0 Å². The van der Waals surface area contributed by atoms with Gasteiger partial charge in [0.25, 0.3) is 0 Å². The number of thiazole rings is 1. The van der Waals surface area contributed by atoms with E-state index in [-0.39, 0.29) is 0 Å². The molecule has 2 aromatic heterocycles. The summed E-state index contributed by atoms with van der Waals surface area (Å²) in [5, 5.41) is 0.835. The fourth-order valence-corrected chi connectivity index (χ4v) is 2.16. The topological polar surface area (TPSA) is 35.0 Å². The second kappa shape index (κ2) is 4.92. The standard InChI is InChI=1S/C9H6BrClN2OS/c10-6-2-1-3-8(13-6)14-5-9-12-4-7(11)15-9/h1-4H,5H2. The van der Waals surface area contributed by atoms with Crippen molar-refractivity contribution in [3.63, 3.8) is 0 Å². The van der Waals surface area contributed by atoms with E-state index in [0.29, 0.717) is 16.8 Å². The van der Waals surface area contributed by atoms with Crippen LogP contribution in [0.4, 0.5) is 0 Å². The second-order valence-corrected chi connectivity index (χ2v) is 5.20. The highest BCUT2D eigenvalue weighted by Crippen LogP contribution is 2.20. The molecule has 0 spiro atoms. The van der Waals surface area contributed by atoms with Crippen LogP contribution in [-0.2, 0) is 6.61 Å². The van der Waals surface area contributed by atoms with Crippen molar-refractivity contribution < 1.29 is 4.74 Å². The highest BCUT2D eigenvalue weighted by molar-refractivity contribution is 9.10. The van der Waals surface area contributed by atoms with Crippen molar-refractivity contribution in [2.24, 2.45) is 0 Å². The van der Waals surface area contributed by atoms with E-state index >= 15 is 0 Å². The number of halogens is 2. The Balaban J connectivity index is 1.99. The Morgan fingerprint density at radius 1 is 1.47 bits per heavy atom. The Labute approximate surface area is 104 Å². The molecule has 0 N–H and O–H groups in total. The molecule has 78 valence electrons. The Morgan fingerprint density at radius 3 is 3.00 bits per heavy atom. The highest BCUT2D eigenvalue weighted by atomic mass is 79.9. The minimum absolute atomic E-state index is 0.390. The van der Waals surface area contributed by atoms with Gasteiger partial charge in [0.2, 0.25) is 5.88 Å². The smallest absolute Gasteiger partial charge is 0.214 e. The van der Waals surface area contributed by atoms with Gasteiger partial charge in [-0.3, -0.25) is 0 Å². The molecule has 2 aromatic rings. The predicted octanol–water partition coefficient (Wildman–Crippen LogP) is 3.53. The largest absolute Gasteiger partial charge is 0.470 e. The van der Waals surface area contributed by atoms with Crippen molar-refractivity contribution >= 4 is 38.9 Å². The average Bonchev–Trinajstić information content (AvgIpc) is 2.62. The number of ether oxygens (including phenoxy) is 1. The first kappa shape index (κ1) is 10.9. The maximum absolute atomic E-state index is 5.74. The van der Waals surface area contributed by atoms with E-state index in [1.165, 1.54) is 11.3 Å². The van der Waals surface area contributed by atoms with Gasteiger partial charge in [0.1, 0.15) is 20.6 Å². The van der Waals surface area contributed by atoms with Crippen LogP contribution in [0.15, 0.2) is 29.0 Å². The molecule has 0 radical (unpaired) electrons. The van der Waals surface area contributed by atoms with Crippen molar-refractivity contribution in [1.82, 2.24) is 9.97 Å². The van der Waals surface area contributed by atoms with Crippen LogP contribution >= 0.6 is 38.9 Å². The van der Waals surface area contributed by atoms with Crippen molar-refractivity contribution in [2.75, 3.05) is 0 Å². The van der Waals surface area contributed by atoms with Gasteiger partial charge in [-0.05, 0) is 22.0 Å². The van der Waals surface area contributed by atoms with Gasteiger partial charge >= 0.3 is 0 Å². The second-order valence-electron chi connectivity index (χ2n) is 2.65. The zero-order valence-corrected chi connectivity index (χ0v) is 10.6. The summed E-state index contributed by atoms with van der Waals surface area (Å²) in [6.07, 6.45) is 1.61. The van der Waals surface area contributed by atoms with Crippen LogP contribution in [-0.4, -0.2) is 9.97 Å². The number of pyridine rings is 1. The first-order valence-corrected chi connectivity index (χ1v) is 6.08. The lowest BCUT2D eigenvalue weighted by Crippen LogP contribution is -1.96. The molecular formula is C9H6BrClN2OS. The zero-order valence-electron chi connectivity index (χ0n) is 7.48. The molecule has 0 fully saturated rings.